The molecule has 0 N–H and O–H groups in total. The molecule has 0 amide bonds. The van der Waals surface area contributed by atoms with Gasteiger partial charge in [-0.3, -0.25) is 0 Å². The van der Waals surface area contributed by atoms with Gasteiger partial charge in [-0.1, -0.05) is 6.58 Å². The molecule has 0 spiro atoms. The highest BCUT2D eigenvalue weighted by molar-refractivity contribution is 6.19. The van der Waals surface area contributed by atoms with E-state index in [1.807, 2.05) is 0 Å². The number of rotatable bonds is 3. The summed E-state index contributed by atoms with van der Waals surface area (Å²) in [6.45, 7) is 2.36. The first-order chi connectivity index (χ1) is 5.98. The van der Waals surface area contributed by atoms with Gasteiger partial charge in [0.2, 0.25) is 0 Å². The third-order valence-electron chi connectivity index (χ3n) is 1.36. The first-order valence-electron chi connectivity index (χ1n) is 3.05. The number of alkyl halides is 8. The van der Waals surface area contributed by atoms with Crippen LogP contribution < -0.4 is 0 Å². The molecule has 0 heterocycles. The average molecular weight is 245 g/mol. The third-order valence-corrected chi connectivity index (χ3v) is 1.68. The second-order valence-corrected chi connectivity index (χ2v) is 2.65. The van der Waals surface area contributed by atoms with Crippen LogP contribution in [0.15, 0.2) is 12.2 Å². The maximum absolute atomic E-state index is 12.4. The van der Waals surface area contributed by atoms with Crippen molar-refractivity contribution in [1.82, 2.24) is 0 Å². The number of hydrogen-bond donors (Lipinski definition) is 0. The van der Waals surface area contributed by atoms with Gasteiger partial charge in [0.05, 0.1) is 0 Å². The predicted octanol–water partition coefficient (Wildman–Crippen LogP) is 3.61. The minimum absolute atomic E-state index is 1.18. The lowest BCUT2D eigenvalue weighted by atomic mass is 10.1. The van der Waals surface area contributed by atoms with Crippen LogP contribution in [0.2, 0.25) is 0 Å². The summed E-state index contributed by atoms with van der Waals surface area (Å²) in [5.74, 6) is -12.7. The van der Waals surface area contributed by atoms with E-state index in [1.165, 1.54) is 0 Å². The van der Waals surface area contributed by atoms with E-state index in [1.54, 1.807) is 0 Å². The molecule has 0 atom stereocenters. The lowest BCUT2D eigenvalue weighted by molar-refractivity contribution is -0.344. The fraction of sp³-hybridized carbons (Fsp3) is 0.667. The summed E-state index contributed by atoms with van der Waals surface area (Å²) in [5, 5.41) is 0. The Morgan fingerprint density at radius 2 is 1.36 bits per heavy atom. The third kappa shape index (κ3) is 1.97. The fourth-order valence-electron chi connectivity index (χ4n) is 0.484. The van der Waals surface area contributed by atoms with Crippen molar-refractivity contribution in [2.24, 2.45) is 0 Å². The summed E-state index contributed by atoms with van der Waals surface area (Å²) in [4.78, 5) is 0. The summed E-state index contributed by atoms with van der Waals surface area (Å²) in [5.41, 5.74) is -1.68. The first-order valence-corrected chi connectivity index (χ1v) is 3.58. The Bertz CT molecular complexity index is 229. The van der Waals surface area contributed by atoms with Gasteiger partial charge < -0.3 is 0 Å². The van der Waals surface area contributed by atoms with Crippen LogP contribution in [0.4, 0.5) is 30.7 Å². The fourth-order valence-corrected chi connectivity index (χ4v) is 0.652. The van der Waals surface area contributed by atoms with Crippen molar-refractivity contribution < 1.29 is 30.7 Å². The van der Waals surface area contributed by atoms with Gasteiger partial charge in [0.1, 0.15) is 0 Å². The molecule has 0 rings (SSSR count). The summed E-state index contributed by atoms with van der Waals surface area (Å²) in [6.07, 6.45) is -6.34. The van der Waals surface area contributed by atoms with Crippen molar-refractivity contribution in [3.63, 3.8) is 0 Å². The Balaban J connectivity index is 5.18. The summed E-state index contributed by atoms with van der Waals surface area (Å²) >= 11 is 4.71. The monoisotopic (exact) mass is 244 g/mol. The highest BCUT2D eigenvalue weighted by Crippen LogP contribution is 2.49. The highest BCUT2D eigenvalue weighted by Gasteiger charge is 2.73. The van der Waals surface area contributed by atoms with Crippen molar-refractivity contribution >= 4 is 11.6 Å². The molecular formula is C6H4ClF7. The Labute approximate surface area is 79.3 Å². The lowest BCUT2D eigenvalue weighted by Crippen LogP contribution is -2.53. The van der Waals surface area contributed by atoms with Gasteiger partial charge >= 0.3 is 18.0 Å². The second kappa shape index (κ2) is 3.60. The van der Waals surface area contributed by atoms with Gasteiger partial charge in [0, 0.05) is 11.5 Å². The van der Waals surface area contributed by atoms with E-state index in [0.717, 1.165) is 0 Å². The molecule has 0 aliphatic carbocycles. The standard InChI is InChI=1S/C6H4ClF7/c1-3(2-7)4(8,9)5(10,11)6(12,13)14/h1-2H2. The van der Waals surface area contributed by atoms with Crippen LogP contribution in [-0.4, -0.2) is 23.9 Å². The zero-order valence-electron chi connectivity index (χ0n) is 6.44. The van der Waals surface area contributed by atoms with Crippen LogP contribution in [-0.2, 0) is 0 Å². The molecular weight excluding hydrogens is 241 g/mol. The Hall–Kier alpha value is -0.460. The summed E-state index contributed by atoms with van der Waals surface area (Å²) in [7, 11) is 0. The molecule has 0 bridgehead atoms. The predicted molar refractivity (Wildman–Crippen MR) is 35.8 cm³/mol. The van der Waals surface area contributed by atoms with E-state index in [2.05, 4.69) is 6.58 Å². The van der Waals surface area contributed by atoms with E-state index in [9.17, 15) is 30.7 Å². The van der Waals surface area contributed by atoms with Crippen molar-refractivity contribution in [3.8, 4) is 0 Å². The van der Waals surface area contributed by atoms with Crippen molar-refractivity contribution in [3.05, 3.63) is 12.2 Å². The minimum Gasteiger partial charge on any atom is -0.194 e. The smallest absolute Gasteiger partial charge is 0.194 e. The van der Waals surface area contributed by atoms with Gasteiger partial charge in [-0.2, -0.15) is 30.7 Å². The maximum Gasteiger partial charge on any atom is 0.460 e. The van der Waals surface area contributed by atoms with Gasteiger partial charge in [-0.15, -0.1) is 11.6 Å². The van der Waals surface area contributed by atoms with Crippen molar-refractivity contribution in [1.29, 1.82) is 0 Å². The van der Waals surface area contributed by atoms with E-state index < -0.39 is 29.5 Å². The minimum atomic E-state index is -6.34. The van der Waals surface area contributed by atoms with Crippen LogP contribution in [0.25, 0.3) is 0 Å². The van der Waals surface area contributed by atoms with Crippen LogP contribution >= 0.6 is 11.6 Å². The van der Waals surface area contributed by atoms with Gasteiger partial charge in [0.25, 0.3) is 0 Å². The molecule has 0 aromatic heterocycles. The zero-order chi connectivity index (χ0) is 11.8. The first kappa shape index (κ1) is 13.5. The highest BCUT2D eigenvalue weighted by atomic mass is 35.5. The van der Waals surface area contributed by atoms with Crippen molar-refractivity contribution in [2.75, 3.05) is 5.88 Å². The molecule has 0 aromatic carbocycles. The largest absolute Gasteiger partial charge is 0.460 e. The molecule has 8 heteroatoms. The van der Waals surface area contributed by atoms with E-state index >= 15 is 0 Å². The topological polar surface area (TPSA) is 0 Å². The molecule has 0 fully saturated rings. The number of hydrogen-bond acceptors (Lipinski definition) is 0. The van der Waals surface area contributed by atoms with Gasteiger partial charge in [-0.05, 0) is 0 Å². The van der Waals surface area contributed by atoms with Crippen LogP contribution in [0, 0.1) is 0 Å². The molecule has 0 unspecified atom stereocenters. The summed E-state index contributed by atoms with van der Waals surface area (Å²) in [6, 6.07) is 0. The molecule has 0 radical (unpaired) electrons. The molecule has 14 heavy (non-hydrogen) atoms. The van der Waals surface area contributed by atoms with Crippen LogP contribution in [0.3, 0.4) is 0 Å². The maximum atomic E-state index is 12.4. The zero-order valence-corrected chi connectivity index (χ0v) is 7.19. The molecule has 0 aliphatic rings. The molecule has 0 aromatic rings. The quantitative estimate of drug-likeness (QED) is 0.404. The molecule has 0 nitrogen and oxygen atoms in total. The average Bonchev–Trinajstić information content (AvgIpc) is 2.00. The van der Waals surface area contributed by atoms with Crippen molar-refractivity contribution in [2.45, 2.75) is 18.0 Å². The number of allylic oxidation sites excluding steroid dienone is 1. The van der Waals surface area contributed by atoms with E-state index in [-0.39, 0.29) is 0 Å². The molecule has 0 saturated heterocycles. The normalized spacial score (nSPS) is 14.3. The van der Waals surface area contributed by atoms with Gasteiger partial charge in [-0.25, -0.2) is 0 Å². The van der Waals surface area contributed by atoms with E-state index in [0.29, 0.717) is 0 Å². The molecule has 0 saturated carbocycles. The van der Waals surface area contributed by atoms with Crippen LogP contribution in [0.1, 0.15) is 0 Å². The Morgan fingerprint density at radius 1 is 1.00 bits per heavy atom. The number of halogens is 8. The second-order valence-electron chi connectivity index (χ2n) is 2.38. The molecule has 84 valence electrons. The SMILES string of the molecule is C=C(CCl)C(F)(F)C(F)(F)C(F)(F)F. The molecule has 0 aliphatic heterocycles. The Kier molecular flexibility index (Phi) is 3.48. The van der Waals surface area contributed by atoms with Gasteiger partial charge in [0.15, 0.2) is 0 Å². The lowest BCUT2D eigenvalue weighted by Gasteiger charge is -2.28. The van der Waals surface area contributed by atoms with E-state index in [4.69, 9.17) is 11.6 Å². The van der Waals surface area contributed by atoms with Crippen LogP contribution in [0.5, 0.6) is 0 Å². The summed E-state index contributed by atoms with van der Waals surface area (Å²) < 4.78 is 83.7. The Morgan fingerprint density at radius 3 is 1.57 bits per heavy atom.